The van der Waals surface area contributed by atoms with E-state index >= 15 is 0 Å². The Morgan fingerprint density at radius 1 is 1.42 bits per heavy atom. The van der Waals surface area contributed by atoms with Crippen LogP contribution < -0.4 is 5.32 Å². The van der Waals surface area contributed by atoms with Crippen LogP contribution in [-0.2, 0) is 16.0 Å². The van der Waals surface area contributed by atoms with E-state index in [4.69, 9.17) is 9.47 Å². The Bertz CT molecular complexity index is 516. The van der Waals surface area contributed by atoms with Gasteiger partial charge in [-0.25, -0.2) is 4.39 Å². The van der Waals surface area contributed by atoms with Gasteiger partial charge in [-0.15, -0.1) is 24.0 Å². The molecule has 0 aliphatic carbocycles. The van der Waals surface area contributed by atoms with Crippen molar-refractivity contribution in [2.24, 2.45) is 10.9 Å². The van der Waals surface area contributed by atoms with E-state index in [2.05, 4.69) is 15.2 Å². The molecule has 0 amide bonds. The monoisotopic (exact) mass is 451 g/mol. The number of ether oxygens (including phenoxy) is 2. The molecule has 0 aromatic heterocycles. The third-order valence-electron chi connectivity index (χ3n) is 3.92. The molecule has 0 saturated carbocycles. The van der Waals surface area contributed by atoms with Crippen molar-refractivity contribution < 1.29 is 13.9 Å². The number of nitrogens with one attached hydrogen (secondary N) is 1. The van der Waals surface area contributed by atoms with Gasteiger partial charge in [0.1, 0.15) is 5.82 Å². The Hall–Kier alpha value is -0.930. The molecule has 0 spiro atoms. The maximum atomic E-state index is 13.2. The van der Waals surface area contributed by atoms with Gasteiger partial charge in [-0.3, -0.25) is 4.99 Å². The van der Waals surface area contributed by atoms with Crippen LogP contribution in [0, 0.1) is 11.7 Å². The minimum Gasteiger partial charge on any atom is -0.382 e. The van der Waals surface area contributed by atoms with Crippen molar-refractivity contribution >= 4 is 29.9 Å². The number of hydrogen-bond donors (Lipinski definition) is 1. The first kappa shape index (κ1) is 21.1. The van der Waals surface area contributed by atoms with E-state index in [1.54, 1.807) is 20.2 Å². The largest absolute Gasteiger partial charge is 0.382 e. The second-order valence-corrected chi connectivity index (χ2v) is 5.70. The maximum Gasteiger partial charge on any atom is 0.193 e. The number of benzene rings is 1. The molecule has 136 valence electrons. The van der Waals surface area contributed by atoms with Crippen LogP contribution in [0.4, 0.5) is 4.39 Å². The molecule has 1 atom stereocenters. The van der Waals surface area contributed by atoms with E-state index in [0.717, 1.165) is 37.6 Å². The van der Waals surface area contributed by atoms with Crippen molar-refractivity contribution in [2.75, 3.05) is 47.1 Å². The van der Waals surface area contributed by atoms with Gasteiger partial charge in [-0.05, 0) is 24.1 Å². The first-order chi connectivity index (χ1) is 11.2. The zero-order valence-corrected chi connectivity index (χ0v) is 16.7. The normalized spacial score (nSPS) is 17.7. The zero-order chi connectivity index (χ0) is 16.5. The summed E-state index contributed by atoms with van der Waals surface area (Å²) < 4.78 is 23.8. The van der Waals surface area contributed by atoms with Gasteiger partial charge < -0.3 is 19.7 Å². The molecule has 1 aromatic carbocycles. The molecule has 0 radical (unpaired) electrons. The number of halogens is 2. The summed E-state index contributed by atoms with van der Waals surface area (Å²) in [5.41, 5.74) is 0.907. The first-order valence-corrected chi connectivity index (χ1v) is 7.99. The summed E-state index contributed by atoms with van der Waals surface area (Å²) in [6.45, 7) is 4.47. The van der Waals surface area contributed by atoms with Crippen LogP contribution in [0.5, 0.6) is 0 Å². The molecule has 2 rings (SSSR count). The van der Waals surface area contributed by atoms with Crippen LogP contribution >= 0.6 is 24.0 Å². The van der Waals surface area contributed by atoms with Gasteiger partial charge in [0.25, 0.3) is 0 Å². The minimum absolute atomic E-state index is 0. The van der Waals surface area contributed by atoms with Crippen molar-refractivity contribution in [3.8, 4) is 0 Å². The third kappa shape index (κ3) is 6.90. The van der Waals surface area contributed by atoms with E-state index in [-0.39, 0.29) is 29.8 Å². The van der Waals surface area contributed by atoms with Gasteiger partial charge in [-0.2, -0.15) is 0 Å². The molecule has 5 nitrogen and oxygen atoms in total. The van der Waals surface area contributed by atoms with Crippen LogP contribution in [0.3, 0.4) is 0 Å². The molecule has 1 N–H and O–H groups in total. The fourth-order valence-corrected chi connectivity index (χ4v) is 2.71. The molecule has 1 unspecified atom stereocenters. The molecule has 1 aromatic rings. The Kier molecular flexibility index (Phi) is 10.2. The van der Waals surface area contributed by atoms with Crippen molar-refractivity contribution in [1.82, 2.24) is 10.2 Å². The highest BCUT2D eigenvalue weighted by Crippen LogP contribution is 2.16. The Labute approximate surface area is 160 Å². The summed E-state index contributed by atoms with van der Waals surface area (Å²) in [6, 6.07) is 6.61. The summed E-state index contributed by atoms with van der Waals surface area (Å²) in [7, 11) is 3.45. The highest BCUT2D eigenvalue weighted by molar-refractivity contribution is 14.0. The first-order valence-electron chi connectivity index (χ1n) is 7.99. The molecular weight excluding hydrogens is 424 g/mol. The van der Waals surface area contributed by atoms with Gasteiger partial charge >= 0.3 is 0 Å². The predicted octanol–water partition coefficient (Wildman–Crippen LogP) is 2.50. The van der Waals surface area contributed by atoms with Crippen molar-refractivity contribution in [2.45, 2.75) is 13.0 Å². The Balaban J connectivity index is 0.00000288. The number of guanidine groups is 1. The summed E-state index contributed by atoms with van der Waals surface area (Å²) in [6.07, 6.45) is 1.09. The van der Waals surface area contributed by atoms with Crippen LogP contribution in [0.25, 0.3) is 0 Å². The van der Waals surface area contributed by atoms with Crippen molar-refractivity contribution in [3.05, 3.63) is 35.6 Å². The molecule has 24 heavy (non-hydrogen) atoms. The lowest BCUT2D eigenvalue weighted by atomic mass is 10.1. The molecule has 1 saturated heterocycles. The van der Waals surface area contributed by atoms with Crippen LogP contribution in [0.15, 0.2) is 29.3 Å². The lowest BCUT2D eigenvalue weighted by Gasteiger charge is -2.21. The average molecular weight is 451 g/mol. The molecule has 1 fully saturated rings. The average Bonchev–Trinajstić information content (AvgIpc) is 3.01. The summed E-state index contributed by atoms with van der Waals surface area (Å²) in [4.78, 5) is 6.55. The van der Waals surface area contributed by atoms with Gasteiger partial charge in [-0.1, -0.05) is 12.1 Å². The van der Waals surface area contributed by atoms with Crippen molar-refractivity contribution in [3.63, 3.8) is 0 Å². The molecule has 1 heterocycles. The molecule has 0 bridgehead atoms. The zero-order valence-electron chi connectivity index (χ0n) is 14.3. The van der Waals surface area contributed by atoms with E-state index in [1.807, 2.05) is 6.07 Å². The number of rotatable bonds is 7. The standard InChI is InChI=1S/C17H26FN3O2.HI/c1-19-17(20-11-14-4-3-5-16(18)10-14)21-7-6-15(12-21)13-23-9-8-22-2;/h3-5,10,15H,6-9,11-13H2,1-2H3,(H,19,20);1H. The second-order valence-electron chi connectivity index (χ2n) is 5.70. The van der Waals surface area contributed by atoms with Gasteiger partial charge in [0.15, 0.2) is 5.96 Å². The number of nitrogens with zero attached hydrogens (tertiary/aromatic N) is 2. The SMILES string of the molecule is CN=C(NCc1cccc(F)c1)N1CCC(COCCOC)C1.I. The summed E-state index contributed by atoms with van der Waals surface area (Å²) in [5.74, 6) is 1.15. The van der Waals surface area contributed by atoms with Gasteiger partial charge in [0, 0.05) is 39.7 Å². The molecular formula is C17H27FIN3O2. The number of methoxy groups -OCH3 is 1. The lowest BCUT2D eigenvalue weighted by molar-refractivity contribution is 0.0536. The quantitative estimate of drug-likeness (QED) is 0.300. The maximum absolute atomic E-state index is 13.2. The number of aliphatic imine (C=N–C) groups is 1. The topological polar surface area (TPSA) is 46.1 Å². The second kappa shape index (κ2) is 11.6. The molecule has 1 aliphatic rings. The van der Waals surface area contributed by atoms with E-state index in [9.17, 15) is 4.39 Å². The Morgan fingerprint density at radius 3 is 2.96 bits per heavy atom. The van der Waals surface area contributed by atoms with Crippen LogP contribution in [0.2, 0.25) is 0 Å². The third-order valence-corrected chi connectivity index (χ3v) is 3.92. The Morgan fingerprint density at radius 2 is 2.25 bits per heavy atom. The van der Waals surface area contributed by atoms with E-state index in [0.29, 0.717) is 25.7 Å². The van der Waals surface area contributed by atoms with Crippen LogP contribution in [-0.4, -0.2) is 57.9 Å². The minimum atomic E-state index is -0.214. The molecule has 1 aliphatic heterocycles. The summed E-state index contributed by atoms with van der Waals surface area (Å²) in [5, 5.41) is 3.30. The number of likely N-dealkylation sites (tertiary alicyclic amines) is 1. The van der Waals surface area contributed by atoms with E-state index in [1.165, 1.54) is 12.1 Å². The molecule has 7 heteroatoms. The fraction of sp³-hybridized carbons (Fsp3) is 0.588. The van der Waals surface area contributed by atoms with Gasteiger partial charge in [0.05, 0.1) is 19.8 Å². The highest BCUT2D eigenvalue weighted by atomic mass is 127. The van der Waals surface area contributed by atoms with Gasteiger partial charge in [0.2, 0.25) is 0 Å². The summed E-state index contributed by atoms with van der Waals surface area (Å²) >= 11 is 0. The fourth-order valence-electron chi connectivity index (χ4n) is 2.71. The highest BCUT2D eigenvalue weighted by Gasteiger charge is 2.24. The smallest absolute Gasteiger partial charge is 0.193 e. The number of hydrogen-bond acceptors (Lipinski definition) is 3. The van der Waals surface area contributed by atoms with Crippen LogP contribution in [0.1, 0.15) is 12.0 Å². The van der Waals surface area contributed by atoms with Crippen molar-refractivity contribution in [1.29, 1.82) is 0 Å². The predicted molar refractivity (Wildman–Crippen MR) is 104 cm³/mol. The lowest BCUT2D eigenvalue weighted by Crippen LogP contribution is -2.39. The van der Waals surface area contributed by atoms with E-state index < -0.39 is 0 Å².